The zero-order valence-corrected chi connectivity index (χ0v) is 7.88. The van der Waals surface area contributed by atoms with E-state index < -0.39 is 12.7 Å². The zero-order valence-electron chi connectivity index (χ0n) is 6.17. The molecule has 0 bridgehead atoms. The summed E-state index contributed by atoms with van der Waals surface area (Å²) >= 11 is -4.45. The average Bonchev–Trinajstić information content (AvgIpc) is 2.78. The van der Waals surface area contributed by atoms with E-state index in [9.17, 15) is 7.67 Å². The molecule has 8 nitrogen and oxygen atoms in total. The van der Waals surface area contributed by atoms with Crippen molar-refractivity contribution >= 4 is 21.9 Å². The minimum absolute atomic E-state index is 0.106. The van der Waals surface area contributed by atoms with Crippen LogP contribution in [0, 0.1) is 0 Å². The molecule has 2 aromatic rings. The number of aromatic amines is 2. The van der Waals surface area contributed by atoms with Gasteiger partial charge in [-0.2, -0.15) is 0 Å². The number of nitrogens with zero attached hydrogens (tertiary/aromatic N) is 4. The van der Waals surface area contributed by atoms with Crippen LogP contribution in [0.15, 0.2) is 12.4 Å². The summed E-state index contributed by atoms with van der Waals surface area (Å²) in [6, 6.07) is 0. The molecule has 0 aliphatic rings. The molecule has 0 saturated carbocycles. The number of hydrogen-bond acceptors (Lipinski definition) is 6. The summed E-state index contributed by atoms with van der Waals surface area (Å²) in [5.74, 6) is 0. The van der Waals surface area contributed by atoms with Crippen LogP contribution in [0.5, 0.6) is 0 Å². The fourth-order valence-corrected chi connectivity index (χ4v) is 2.68. The van der Waals surface area contributed by atoms with E-state index in [0.29, 0.717) is 0 Å². The molecule has 0 atom stereocenters. The van der Waals surface area contributed by atoms with Gasteiger partial charge in [0.2, 0.25) is 0 Å². The Hall–Kier alpha value is -1.60. The second-order valence-corrected chi connectivity index (χ2v) is 5.99. The Morgan fingerprint density at radius 1 is 1.00 bits per heavy atom. The standard InChI is InChI=1S/C4H4N6O2Se/c11-13(12,3-1-5-9-7-3)4-2-6-10-8-4/h1-2H,(H,5,7,9)(H,6,8,10). The van der Waals surface area contributed by atoms with Crippen LogP contribution in [0.4, 0.5) is 0 Å². The van der Waals surface area contributed by atoms with E-state index >= 15 is 0 Å². The number of aromatic nitrogens is 6. The Bertz CT molecular complexity index is 430. The molecule has 13 heavy (non-hydrogen) atoms. The average molecular weight is 247 g/mol. The fourth-order valence-electron chi connectivity index (χ4n) is 0.748. The Labute approximate surface area is 73.4 Å². The van der Waals surface area contributed by atoms with Crippen molar-refractivity contribution in [1.82, 2.24) is 30.8 Å². The predicted molar refractivity (Wildman–Crippen MR) is 39.2 cm³/mol. The first-order valence-corrected chi connectivity index (χ1v) is 6.29. The molecule has 9 heteroatoms. The van der Waals surface area contributed by atoms with E-state index in [1.54, 1.807) is 0 Å². The number of hydrogen-bond donors (Lipinski definition) is 2. The van der Waals surface area contributed by atoms with Gasteiger partial charge >= 0.3 is 72.8 Å². The third-order valence-corrected chi connectivity index (χ3v) is 4.47. The quantitative estimate of drug-likeness (QED) is 0.559. The molecule has 0 aliphatic heterocycles. The van der Waals surface area contributed by atoms with Gasteiger partial charge in [0.1, 0.15) is 0 Å². The van der Waals surface area contributed by atoms with Crippen molar-refractivity contribution in [2.45, 2.75) is 0 Å². The van der Waals surface area contributed by atoms with Crippen molar-refractivity contribution in [3.8, 4) is 0 Å². The van der Waals surface area contributed by atoms with E-state index in [-0.39, 0.29) is 9.18 Å². The van der Waals surface area contributed by atoms with Crippen LogP contribution < -0.4 is 9.18 Å². The molecule has 0 amide bonds. The Morgan fingerprint density at radius 3 is 1.77 bits per heavy atom. The first-order valence-electron chi connectivity index (χ1n) is 3.18. The van der Waals surface area contributed by atoms with Crippen molar-refractivity contribution in [3.63, 3.8) is 0 Å². The Kier molecular flexibility index (Phi) is 1.67. The molecule has 0 unspecified atom stereocenters. The molecule has 0 aliphatic carbocycles. The predicted octanol–water partition coefficient (Wildman–Crippen LogP) is -2.66. The van der Waals surface area contributed by atoms with Gasteiger partial charge in [0.05, 0.1) is 0 Å². The van der Waals surface area contributed by atoms with E-state index in [4.69, 9.17) is 0 Å². The van der Waals surface area contributed by atoms with Crippen molar-refractivity contribution in [1.29, 1.82) is 0 Å². The summed E-state index contributed by atoms with van der Waals surface area (Å²) in [4.78, 5) is 0. The SMILES string of the molecule is O=[Se](=O)(c1cn[nH]n1)c1cn[nH]n1. The minimum atomic E-state index is -4.45. The van der Waals surface area contributed by atoms with Crippen molar-refractivity contribution in [3.05, 3.63) is 12.4 Å². The van der Waals surface area contributed by atoms with E-state index in [1.807, 2.05) is 0 Å². The van der Waals surface area contributed by atoms with Crippen molar-refractivity contribution in [2.24, 2.45) is 0 Å². The second kappa shape index (κ2) is 2.71. The van der Waals surface area contributed by atoms with E-state index in [0.717, 1.165) is 12.4 Å². The third kappa shape index (κ3) is 1.23. The topological polar surface area (TPSA) is 117 Å². The fraction of sp³-hybridized carbons (Fsp3) is 0. The molecule has 68 valence electrons. The molecule has 0 aromatic carbocycles. The summed E-state index contributed by atoms with van der Waals surface area (Å²) in [5, 5.41) is 18.2. The summed E-state index contributed by atoms with van der Waals surface area (Å²) in [5.41, 5.74) is 0. The van der Waals surface area contributed by atoms with Crippen LogP contribution >= 0.6 is 0 Å². The van der Waals surface area contributed by atoms with Gasteiger partial charge in [0.15, 0.2) is 0 Å². The first-order chi connectivity index (χ1) is 6.21. The first kappa shape index (κ1) is 8.02. The third-order valence-electron chi connectivity index (χ3n) is 1.34. The van der Waals surface area contributed by atoms with Crippen LogP contribution in [0.25, 0.3) is 0 Å². The molecule has 0 radical (unpaired) electrons. The summed E-state index contributed by atoms with van der Waals surface area (Å²) in [7, 11) is 0. The monoisotopic (exact) mass is 248 g/mol. The normalized spacial score (nSPS) is 11.7. The van der Waals surface area contributed by atoms with Gasteiger partial charge in [0.25, 0.3) is 0 Å². The molecule has 2 N–H and O–H groups in total. The molecule has 0 saturated heterocycles. The molecule has 0 fully saturated rings. The van der Waals surface area contributed by atoms with Gasteiger partial charge in [-0.25, -0.2) is 0 Å². The second-order valence-electron chi connectivity index (χ2n) is 2.12. The number of H-pyrrole nitrogens is 2. The molecule has 0 spiro atoms. The van der Waals surface area contributed by atoms with Crippen LogP contribution in [0.1, 0.15) is 0 Å². The van der Waals surface area contributed by atoms with Crippen molar-refractivity contribution < 1.29 is 7.67 Å². The van der Waals surface area contributed by atoms with Gasteiger partial charge in [-0.1, -0.05) is 0 Å². The molecular formula is C4H4N6O2Se. The Morgan fingerprint density at radius 2 is 1.46 bits per heavy atom. The maximum atomic E-state index is 11.6. The molecule has 2 heterocycles. The van der Waals surface area contributed by atoms with Gasteiger partial charge in [-0.15, -0.1) is 0 Å². The molecular weight excluding hydrogens is 243 g/mol. The van der Waals surface area contributed by atoms with E-state index in [1.165, 1.54) is 0 Å². The molecule has 2 rings (SSSR count). The number of rotatable bonds is 2. The van der Waals surface area contributed by atoms with Crippen LogP contribution in [0.2, 0.25) is 0 Å². The summed E-state index contributed by atoms with van der Waals surface area (Å²) in [6.45, 7) is 0. The van der Waals surface area contributed by atoms with Gasteiger partial charge in [0, 0.05) is 0 Å². The van der Waals surface area contributed by atoms with Gasteiger partial charge < -0.3 is 0 Å². The summed E-state index contributed by atoms with van der Waals surface area (Å²) < 4.78 is 23.0. The van der Waals surface area contributed by atoms with Gasteiger partial charge in [-0.05, 0) is 0 Å². The van der Waals surface area contributed by atoms with E-state index in [2.05, 4.69) is 30.8 Å². The maximum absolute atomic E-state index is 11.6. The Balaban J connectivity index is 2.56. The van der Waals surface area contributed by atoms with Crippen LogP contribution in [0.3, 0.4) is 0 Å². The van der Waals surface area contributed by atoms with Crippen LogP contribution in [-0.4, -0.2) is 43.5 Å². The summed E-state index contributed by atoms with van der Waals surface area (Å²) in [6.07, 6.45) is 2.27. The molecule has 2 aromatic heterocycles. The van der Waals surface area contributed by atoms with Crippen molar-refractivity contribution in [2.75, 3.05) is 0 Å². The van der Waals surface area contributed by atoms with Crippen LogP contribution in [-0.2, 0) is 7.67 Å². The van der Waals surface area contributed by atoms with Gasteiger partial charge in [-0.3, -0.25) is 0 Å². The number of nitrogens with one attached hydrogen (secondary N) is 2. The zero-order chi connectivity index (χ0) is 9.31.